The van der Waals surface area contributed by atoms with Crippen LogP contribution in [0.5, 0.6) is 5.75 Å². The van der Waals surface area contributed by atoms with E-state index in [1.807, 2.05) is 32.0 Å². The van der Waals surface area contributed by atoms with Crippen LogP contribution in [0.15, 0.2) is 42.5 Å². The van der Waals surface area contributed by atoms with E-state index in [2.05, 4.69) is 5.32 Å². The van der Waals surface area contributed by atoms with Gasteiger partial charge in [-0.3, -0.25) is 14.4 Å². The number of nitrogens with two attached hydrogens (primary N) is 1. The normalized spacial score (nSPS) is 16.1. The van der Waals surface area contributed by atoms with Crippen molar-refractivity contribution in [3.63, 3.8) is 0 Å². The van der Waals surface area contributed by atoms with Crippen LogP contribution in [-0.4, -0.2) is 30.9 Å². The molecule has 1 aliphatic rings. The molecule has 2 aromatic rings. The third-order valence-electron chi connectivity index (χ3n) is 4.79. The van der Waals surface area contributed by atoms with Gasteiger partial charge in [0, 0.05) is 24.3 Å². The number of rotatable bonds is 6. The summed E-state index contributed by atoms with van der Waals surface area (Å²) >= 11 is 0. The van der Waals surface area contributed by atoms with Crippen molar-refractivity contribution < 1.29 is 19.1 Å². The summed E-state index contributed by atoms with van der Waals surface area (Å²) in [7, 11) is 0. The molecule has 0 spiro atoms. The summed E-state index contributed by atoms with van der Waals surface area (Å²) in [5.41, 5.74) is 8.73. The third-order valence-corrected chi connectivity index (χ3v) is 4.79. The number of nitrogens with one attached hydrogen (secondary N) is 1. The molecule has 1 fully saturated rings. The molecule has 0 saturated carbocycles. The molecule has 0 unspecified atom stereocenters. The van der Waals surface area contributed by atoms with Gasteiger partial charge < -0.3 is 20.7 Å². The molecule has 3 rings (SSSR count). The Bertz CT molecular complexity index is 888. The first-order chi connectivity index (χ1) is 13.3. The summed E-state index contributed by atoms with van der Waals surface area (Å²) in [5.74, 6) is -0.799. The average molecular weight is 381 g/mol. The Hall–Kier alpha value is -3.35. The molecule has 7 nitrogen and oxygen atoms in total. The maximum atomic E-state index is 12.2. The highest BCUT2D eigenvalue weighted by Gasteiger charge is 2.33. The highest BCUT2D eigenvalue weighted by Crippen LogP contribution is 2.27. The summed E-state index contributed by atoms with van der Waals surface area (Å²) in [4.78, 5) is 37.0. The summed E-state index contributed by atoms with van der Waals surface area (Å²) in [6, 6.07) is 12.6. The monoisotopic (exact) mass is 381 g/mol. The van der Waals surface area contributed by atoms with E-state index in [0.29, 0.717) is 11.4 Å². The zero-order valence-electron chi connectivity index (χ0n) is 15.9. The Kier molecular flexibility index (Phi) is 5.63. The van der Waals surface area contributed by atoms with Crippen molar-refractivity contribution in [3.8, 4) is 5.75 Å². The minimum absolute atomic E-state index is 0.125. The topological polar surface area (TPSA) is 102 Å². The van der Waals surface area contributed by atoms with Gasteiger partial charge in [0.15, 0.2) is 6.61 Å². The van der Waals surface area contributed by atoms with E-state index in [0.717, 1.165) is 16.8 Å². The van der Waals surface area contributed by atoms with Crippen molar-refractivity contribution in [3.05, 3.63) is 53.6 Å². The molecule has 0 bridgehead atoms. The molecule has 1 aliphatic heterocycles. The van der Waals surface area contributed by atoms with Crippen LogP contribution in [0.3, 0.4) is 0 Å². The molecule has 0 aliphatic carbocycles. The van der Waals surface area contributed by atoms with Crippen molar-refractivity contribution in [2.45, 2.75) is 20.3 Å². The minimum Gasteiger partial charge on any atom is -0.484 e. The van der Waals surface area contributed by atoms with Gasteiger partial charge in [0.25, 0.3) is 5.91 Å². The fraction of sp³-hybridized carbons (Fsp3) is 0.286. The molecule has 2 aromatic carbocycles. The van der Waals surface area contributed by atoms with Gasteiger partial charge in [-0.1, -0.05) is 18.2 Å². The van der Waals surface area contributed by atoms with Crippen LogP contribution in [0.4, 0.5) is 11.4 Å². The number of primary amides is 1. The van der Waals surface area contributed by atoms with Crippen molar-refractivity contribution in [1.29, 1.82) is 0 Å². The number of anilines is 2. The number of nitrogens with zero attached hydrogens (tertiary/aromatic N) is 1. The molecule has 0 radical (unpaired) electrons. The molecular weight excluding hydrogens is 358 g/mol. The number of hydrogen-bond donors (Lipinski definition) is 2. The van der Waals surface area contributed by atoms with Crippen LogP contribution in [0.2, 0.25) is 0 Å². The van der Waals surface area contributed by atoms with E-state index in [-0.39, 0.29) is 31.4 Å². The first-order valence-corrected chi connectivity index (χ1v) is 9.03. The number of hydrogen-bond acceptors (Lipinski definition) is 4. The second-order valence-electron chi connectivity index (χ2n) is 6.91. The van der Waals surface area contributed by atoms with E-state index in [1.165, 1.54) is 4.90 Å². The highest BCUT2D eigenvalue weighted by molar-refractivity contribution is 6.00. The van der Waals surface area contributed by atoms with Crippen LogP contribution in [0.1, 0.15) is 17.5 Å². The van der Waals surface area contributed by atoms with E-state index in [1.54, 1.807) is 24.3 Å². The molecule has 28 heavy (non-hydrogen) atoms. The summed E-state index contributed by atoms with van der Waals surface area (Å²) in [6.07, 6.45) is 0.131. The van der Waals surface area contributed by atoms with Crippen LogP contribution < -0.4 is 20.7 Å². The summed E-state index contributed by atoms with van der Waals surface area (Å²) < 4.78 is 5.53. The average Bonchev–Trinajstić information content (AvgIpc) is 3.06. The smallest absolute Gasteiger partial charge is 0.262 e. The van der Waals surface area contributed by atoms with Crippen LogP contribution in [0, 0.1) is 19.8 Å². The lowest BCUT2D eigenvalue weighted by Crippen LogP contribution is -2.28. The van der Waals surface area contributed by atoms with Gasteiger partial charge >= 0.3 is 0 Å². The van der Waals surface area contributed by atoms with Gasteiger partial charge in [-0.2, -0.15) is 0 Å². The van der Waals surface area contributed by atoms with Crippen LogP contribution >= 0.6 is 0 Å². The highest BCUT2D eigenvalue weighted by atomic mass is 16.5. The number of carbonyl (C=O) groups is 3. The number of amides is 3. The largest absolute Gasteiger partial charge is 0.484 e. The van der Waals surface area contributed by atoms with Gasteiger partial charge in [0.05, 0.1) is 5.92 Å². The number of benzene rings is 2. The predicted octanol–water partition coefficient (Wildman–Crippen LogP) is 2.16. The molecular formula is C21H23N3O4. The quantitative estimate of drug-likeness (QED) is 0.800. The molecule has 0 aromatic heterocycles. The third kappa shape index (κ3) is 4.31. The van der Waals surface area contributed by atoms with Crippen molar-refractivity contribution in [2.24, 2.45) is 11.7 Å². The number of para-hydroxylation sites is 1. The SMILES string of the molecule is Cc1cccc(C)c1NC(=O)COc1ccc(N2C[C@@H](C(N)=O)CC2=O)cc1. The molecule has 1 atom stereocenters. The fourth-order valence-electron chi connectivity index (χ4n) is 3.21. The Balaban J connectivity index is 1.57. The van der Waals surface area contributed by atoms with Gasteiger partial charge in [-0.25, -0.2) is 0 Å². The van der Waals surface area contributed by atoms with E-state index < -0.39 is 11.8 Å². The Morgan fingerprint density at radius 1 is 1.14 bits per heavy atom. The second-order valence-corrected chi connectivity index (χ2v) is 6.91. The summed E-state index contributed by atoms with van der Waals surface area (Å²) in [5, 5.41) is 2.87. The molecule has 146 valence electrons. The Labute approximate surface area is 163 Å². The molecule has 1 saturated heterocycles. The van der Waals surface area contributed by atoms with Crippen molar-refractivity contribution >= 4 is 29.1 Å². The first kappa shape index (κ1) is 19.4. The zero-order chi connectivity index (χ0) is 20.3. The van der Waals surface area contributed by atoms with Crippen LogP contribution in [-0.2, 0) is 14.4 Å². The van der Waals surface area contributed by atoms with Gasteiger partial charge in [-0.15, -0.1) is 0 Å². The molecule has 3 amide bonds. The minimum atomic E-state index is -0.467. The Morgan fingerprint density at radius 3 is 2.36 bits per heavy atom. The zero-order valence-corrected chi connectivity index (χ0v) is 15.9. The lowest BCUT2D eigenvalue weighted by molar-refractivity contribution is -0.123. The number of ether oxygens (including phenoxy) is 1. The maximum Gasteiger partial charge on any atom is 0.262 e. The number of aryl methyl sites for hydroxylation is 2. The van der Waals surface area contributed by atoms with E-state index in [9.17, 15) is 14.4 Å². The van der Waals surface area contributed by atoms with Gasteiger partial charge in [0.1, 0.15) is 5.75 Å². The van der Waals surface area contributed by atoms with E-state index in [4.69, 9.17) is 10.5 Å². The lowest BCUT2D eigenvalue weighted by atomic mass is 10.1. The maximum absolute atomic E-state index is 12.2. The lowest BCUT2D eigenvalue weighted by Gasteiger charge is -2.17. The summed E-state index contributed by atoms with van der Waals surface area (Å²) in [6.45, 7) is 4.03. The molecule has 1 heterocycles. The Morgan fingerprint density at radius 2 is 1.79 bits per heavy atom. The standard InChI is InChI=1S/C21H23N3O4/c1-13-4-3-5-14(2)20(13)23-18(25)12-28-17-8-6-16(7-9-17)24-11-15(21(22)27)10-19(24)26/h3-9,15H,10-12H2,1-2H3,(H2,22,27)(H,23,25)/t15-/m0/s1. The van der Waals surface area contributed by atoms with Crippen molar-refractivity contribution in [2.75, 3.05) is 23.4 Å². The molecule has 3 N–H and O–H groups in total. The van der Waals surface area contributed by atoms with Crippen molar-refractivity contribution in [1.82, 2.24) is 0 Å². The van der Waals surface area contributed by atoms with Gasteiger partial charge in [-0.05, 0) is 49.2 Å². The van der Waals surface area contributed by atoms with Gasteiger partial charge in [0.2, 0.25) is 11.8 Å². The van der Waals surface area contributed by atoms with Crippen LogP contribution in [0.25, 0.3) is 0 Å². The predicted molar refractivity (Wildman–Crippen MR) is 106 cm³/mol. The number of carbonyl (C=O) groups excluding carboxylic acids is 3. The van der Waals surface area contributed by atoms with E-state index >= 15 is 0 Å². The fourth-order valence-corrected chi connectivity index (χ4v) is 3.21. The first-order valence-electron chi connectivity index (χ1n) is 9.03. The second kappa shape index (κ2) is 8.12. The molecule has 7 heteroatoms.